The minimum atomic E-state index is -3.26. The van der Waals surface area contributed by atoms with Gasteiger partial charge in [0.25, 0.3) is 0 Å². The van der Waals surface area contributed by atoms with Crippen molar-refractivity contribution in [2.45, 2.75) is 38.8 Å². The fraction of sp³-hybridized carbons (Fsp3) is 0.875. The summed E-state index contributed by atoms with van der Waals surface area (Å²) in [5.41, 5.74) is -0.574. The molecule has 0 aliphatic carbocycles. The first-order valence-electron chi connectivity index (χ1n) is 5.46. The van der Waals surface area contributed by atoms with Crippen LogP contribution in [0, 0.1) is 0 Å². The van der Waals surface area contributed by atoms with Crippen molar-refractivity contribution in [3.05, 3.63) is 0 Å². The Morgan fingerprint density at radius 1 is 1.58 bits per heavy atom. The minimum absolute atomic E-state index is 0.111. The van der Waals surface area contributed by atoms with Crippen LogP contribution in [-0.2, 0) is 9.47 Å². The molecule has 4 heteroatoms. The molecule has 0 aliphatic rings. The van der Waals surface area contributed by atoms with Crippen molar-refractivity contribution in [3.8, 4) is 0 Å². The van der Waals surface area contributed by atoms with Gasteiger partial charge in [-0.25, -0.2) is 4.79 Å². The predicted molar refractivity (Wildman–Crippen MR) is 51.5 cm³/mol. The maximum Gasteiger partial charge on any atom is 0.508 e. The zero-order chi connectivity index (χ0) is 12.1. The van der Waals surface area contributed by atoms with Gasteiger partial charge in [0.2, 0.25) is 0 Å². The first kappa shape index (κ1) is 6.94. The van der Waals surface area contributed by atoms with Crippen molar-refractivity contribution in [1.29, 1.82) is 3.70 Å². The van der Waals surface area contributed by atoms with E-state index in [1.54, 1.807) is 20.8 Å². The van der Waals surface area contributed by atoms with Crippen molar-refractivity contribution in [1.82, 2.24) is 0 Å². The molecule has 0 fully saturated rings. The van der Waals surface area contributed by atoms with E-state index in [0.717, 1.165) is 0 Å². The van der Waals surface area contributed by atoms with Crippen molar-refractivity contribution in [3.63, 3.8) is 0 Å². The van der Waals surface area contributed by atoms with E-state index in [4.69, 9.17) is 13.2 Å². The highest BCUT2D eigenvalue weighted by Crippen LogP contribution is 2.08. The summed E-state index contributed by atoms with van der Waals surface area (Å²) >= 11 is 0. The van der Waals surface area contributed by atoms with Gasteiger partial charge >= 0.3 is 6.16 Å². The highest BCUT2D eigenvalue weighted by molar-refractivity contribution is 6.08. The lowest BCUT2D eigenvalue weighted by Gasteiger charge is -2.18. The molecule has 0 heterocycles. The van der Waals surface area contributed by atoms with Gasteiger partial charge in [0.1, 0.15) is 5.60 Å². The Labute approximate surface area is 80.5 Å². The molecule has 0 rings (SSSR count). The Morgan fingerprint density at radius 3 is 2.75 bits per heavy atom. The van der Waals surface area contributed by atoms with Gasteiger partial charge in [0, 0.05) is 13.7 Å². The first-order chi connectivity index (χ1) is 6.60. The van der Waals surface area contributed by atoms with E-state index in [2.05, 4.69) is 0 Å². The van der Waals surface area contributed by atoms with Gasteiger partial charge in [-0.3, -0.25) is 0 Å². The Morgan fingerprint density at radius 2 is 2.25 bits per heavy atom. The average molecular weight is 196 g/mol. The van der Waals surface area contributed by atoms with E-state index in [1.807, 2.05) is 0 Å². The van der Waals surface area contributed by atoms with Crippen LogP contribution in [0.3, 0.4) is 0 Å². The molecule has 0 saturated carbocycles. The first-order valence-corrected chi connectivity index (χ1v) is 4.67. The molecule has 0 amide bonds. The summed E-state index contributed by atoms with van der Waals surface area (Å²) in [4.78, 5) is 11.0. The van der Waals surface area contributed by atoms with Crippen LogP contribution in [0.5, 0.6) is 0 Å². The van der Waals surface area contributed by atoms with Crippen molar-refractivity contribution in [2.24, 2.45) is 0 Å². The van der Waals surface area contributed by atoms with Crippen LogP contribution in [-0.4, -0.2) is 32.1 Å². The molecule has 0 spiro atoms. The van der Waals surface area contributed by atoms with E-state index in [9.17, 15) is 4.79 Å². The average Bonchev–Trinajstić information content (AvgIpc) is 1.92. The SMILES string of the molecule is [3H][Si]([3H])([3H])CCCOC(=O)OC(C)(C)C. The molecule has 0 N–H and O–H groups in total. The van der Waals surface area contributed by atoms with E-state index >= 15 is 0 Å². The summed E-state index contributed by atoms with van der Waals surface area (Å²) in [5.74, 6) is 0. The third-order valence-electron chi connectivity index (χ3n) is 0.931. The predicted octanol–water partition coefficient (Wildman–Crippen LogP) is 1.11. The number of carbonyl (C=O) groups is 1. The van der Waals surface area contributed by atoms with Crippen molar-refractivity contribution < 1.29 is 14.3 Å². The molecule has 0 aromatic heterocycles. The third-order valence-corrected chi connectivity index (χ3v) is 1.28. The van der Waals surface area contributed by atoms with Crippen molar-refractivity contribution >= 4 is 16.2 Å². The van der Waals surface area contributed by atoms with E-state index in [1.165, 1.54) is 0 Å². The van der Waals surface area contributed by atoms with Crippen LogP contribution in [0.25, 0.3) is 0 Å². The summed E-state index contributed by atoms with van der Waals surface area (Å²) in [6, 6.07) is 0.176. The molecular weight excluding hydrogens is 172 g/mol. The zero-order valence-electron chi connectivity index (χ0n) is 10.8. The molecule has 0 atom stereocenters. The molecule has 0 saturated heterocycles. The molecule has 0 aliphatic heterocycles. The normalized spacial score (nSPS) is 15.8. The van der Waals surface area contributed by atoms with Gasteiger partial charge in [0.15, 0.2) is 0 Å². The second-order valence-electron chi connectivity index (χ2n) is 3.42. The highest BCUT2D eigenvalue weighted by atomic mass is 28.1. The second kappa shape index (κ2) is 5.19. The summed E-state index contributed by atoms with van der Waals surface area (Å²) < 4.78 is 30.8. The number of rotatable bonds is 4. The van der Waals surface area contributed by atoms with Gasteiger partial charge in [0.05, 0.1) is 6.61 Å². The number of carbonyl (C=O) groups excluding carboxylic acids is 1. The Balaban J connectivity index is 3.57. The smallest absolute Gasteiger partial charge is 0.434 e. The molecule has 12 heavy (non-hydrogen) atoms. The summed E-state index contributed by atoms with van der Waals surface area (Å²) in [5, 5.41) is 0. The van der Waals surface area contributed by atoms with Gasteiger partial charge in [-0.15, -0.1) is 0 Å². The Hall–Kier alpha value is -0.513. The fourth-order valence-corrected chi connectivity index (χ4v) is 0.651. The quantitative estimate of drug-likeness (QED) is 0.384. The molecule has 72 valence electrons. The van der Waals surface area contributed by atoms with Gasteiger partial charge in [-0.05, 0) is 27.2 Å². The number of ether oxygens (including phenoxy) is 2. The molecule has 0 aromatic carbocycles. The lowest BCUT2D eigenvalue weighted by molar-refractivity contribution is -0.00700. The summed E-state index contributed by atoms with van der Waals surface area (Å²) in [7, 11) is -3.26. The zero-order valence-corrected chi connectivity index (χ0v) is 8.85. The number of hydrogen-bond acceptors (Lipinski definition) is 3. The fourth-order valence-electron chi connectivity index (χ4n) is 0.507. The highest BCUT2D eigenvalue weighted by Gasteiger charge is 2.16. The van der Waals surface area contributed by atoms with Crippen LogP contribution in [0.4, 0.5) is 4.79 Å². The number of hydrogen-bond donors (Lipinski definition) is 0. The lowest BCUT2D eigenvalue weighted by Crippen LogP contribution is -2.24. The molecule has 0 aromatic rings. The van der Waals surface area contributed by atoms with E-state index in [-0.39, 0.29) is 12.7 Å². The summed E-state index contributed by atoms with van der Waals surface area (Å²) in [6.45, 7) is 5.33. The van der Waals surface area contributed by atoms with Crippen LogP contribution in [0.15, 0.2) is 0 Å². The second-order valence-corrected chi connectivity index (χ2v) is 3.92. The van der Waals surface area contributed by atoms with E-state index in [0.29, 0.717) is 6.42 Å². The standard InChI is InChI=1S/C8H18O3Si/c1-8(2,3)11-7(9)10-5-4-6-12/h4-6H2,1-3,12H3/i12T3. The maximum absolute atomic E-state index is 11.0. The van der Waals surface area contributed by atoms with Crippen LogP contribution < -0.4 is 0 Å². The Kier molecular flexibility index (Phi) is 3.00. The summed E-state index contributed by atoms with van der Waals surface area (Å²) in [6.07, 6.45) is -0.364. The Bertz CT molecular complexity index is 210. The van der Waals surface area contributed by atoms with Gasteiger partial charge in [-0.1, -0.05) is 6.04 Å². The molecule has 0 unspecified atom stereocenters. The molecular formula is C8H18O3Si. The van der Waals surface area contributed by atoms with E-state index < -0.39 is 21.8 Å². The maximum atomic E-state index is 11.0. The topological polar surface area (TPSA) is 35.5 Å². The molecule has 0 radical (unpaired) electrons. The third kappa shape index (κ3) is 7.59. The lowest BCUT2D eigenvalue weighted by atomic mass is 10.2. The molecule has 0 bridgehead atoms. The van der Waals surface area contributed by atoms with Gasteiger partial charge < -0.3 is 9.47 Å². The largest absolute Gasteiger partial charge is 0.508 e. The molecule has 3 nitrogen and oxygen atoms in total. The van der Waals surface area contributed by atoms with Crippen molar-refractivity contribution in [2.75, 3.05) is 6.61 Å². The monoisotopic (exact) mass is 196 g/mol. The minimum Gasteiger partial charge on any atom is -0.434 e. The van der Waals surface area contributed by atoms with Crippen LogP contribution in [0.1, 0.15) is 27.2 Å². The van der Waals surface area contributed by atoms with Crippen LogP contribution >= 0.6 is 0 Å². The van der Waals surface area contributed by atoms with Gasteiger partial charge in [-0.2, -0.15) is 0 Å². The van der Waals surface area contributed by atoms with Crippen LogP contribution in [0.2, 0.25) is 6.04 Å².